The van der Waals surface area contributed by atoms with Crippen molar-refractivity contribution in [3.8, 4) is 5.75 Å². The zero-order valence-electron chi connectivity index (χ0n) is 22.6. The summed E-state index contributed by atoms with van der Waals surface area (Å²) in [7, 11) is 1.63. The number of morpholine rings is 1. The molecule has 2 aromatic rings. The molecule has 9 heteroatoms. The summed E-state index contributed by atoms with van der Waals surface area (Å²) in [4.78, 5) is 27.2. The third-order valence-corrected chi connectivity index (χ3v) is 6.49. The van der Waals surface area contributed by atoms with E-state index in [1.54, 1.807) is 44.3 Å². The minimum atomic E-state index is -1.18. The normalized spacial score (nSPS) is 18.7. The van der Waals surface area contributed by atoms with Crippen molar-refractivity contribution >= 4 is 12.2 Å². The van der Waals surface area contributed by atoms with Gasteiger partial charge in [0.25, 0.3) is 0 Å². The van der Waals surface area contributed by atoms with Crippen LogP contribution in [0.2, 0.25) is 0 Å². The number of benzene rings is 2. The van der Waals surface area contributed by atoms with Crippen LogP contribution in [0.4, 0.5) is 4.39 Å². The summed E-state index contributed by atoms with van der Waals surface area (Å²) in [5, 5.41) is 13.2. The molecule has 1 heterocycles. The Bertz CT molecular complexity index is 1130. The highest BCUT2D eigenvalue weighted by molar-refractivity contribution is 5.79. The van der Waals surface area contributed by atoms with Gasteiger partial charge in [0.2, 0.25) is 5.91 Å². The lowest BCUT2D eigenvalue weighted by Crippen LogP contribution is -2.44. The second-order valence-corrected chi connectivity index (χ2v) is 9.79. The average molecular weight is 528 g/mol. The van der Waals surface area contributed by atoms with E-state index in [0.717, 1.165) is 13.1 Å². The number of carbonyl (C=O) groups excluding carboxylic acids is 2. The molecule has 38 heavy (non-hydrogen) atoms. The molecule has 2 N–H and O–H groups in total. The van der Waals surface area contributed by atoms with Crippen molar-refractivity contribution in [1.29, 1.82) is 0 Å². The van der Waals surface area contributed by atoms with Crippen molar-refractivity contribution in [3.63, 3.8) is 0 Å². The lowest BCUT2D eigenvalue weighted by atomic mass is 10.1. The molecule has 0 saturated carbocycles. The number of hydrogen-bond acceptors (Lipinski definition) is 7. The molecule has 1 amide bonds. The number of ether oxygens (including phenoxy) is 2. The molecule has 3 unspecified atom stereocenters. The van der Waals surface area contributed by atoms with Crippen LogP contribution in [0.3, 0.4) is 0 Å². The van der Waals surface area contributed by atoms with Gasteiger partial charge in [-0.25, -0.2) is 4.39 Å². The molecule has 1 aliphatic rings. The maximum absolute atomic E-state index is 15.4. The molecule has 8 nitrogen and oxygen atoms in total. The Morgan fingerprint density at radius 1 is 1.26 bits per heavy atom. The lowest BCUT2D eigenvalue weighted by molar-refractivity contribution is -0.120. The van der Waals surface area contributed by atoms with Gasteiger partial charge in [0, 0.05) is 54.9 Å². The minimum Gasteiger partial charge on any atom is -0.488 e. The molecule has 206 valence electrons. The van der Waals surface area contributed by atoms with E-state index in [9.17, 15) is 14.7 Å². The first-order chi connectivity index (χ1) is 18.1. The van der Waals surface area contributed by atoms with Crippen LogP contribution in [0.1, 0.15) is 54.2 Å². The first-order valence-electron chi connectivity index (χ1n) is 12.8. The van der Waals surface area contributed by atoms with Crippen LogP contribution < -0.4 is 10.1 Å². The molecule has 2 aromatic carbocycles. The molecule has 3 rings (SSSR count). The van der Waals surface area contributed by atoms with Gasteiger partial charge in [-0.3, -0.25) is 19.4 Å². The summed E-state index contributed by atoms with van der Waals surface area (Å²) >= 11 is 0. The van der Waals surface area contributed by atoms with Crippen LogP contribution in [-0.2, 0) is 29.2 Å². The van der Waals surface area contributed by atoms with E-state index < -0.39 is 6.23 Å². The zero-order valence-corrected chi connectivity index (χ0v) is 22.6. The number of nitrogens with zero attached hydrogens (tertiary/aromatic N) is 2. The van der Waals surface area contributed by atoms with Crippen molar-refractivity contribution in [1.82, 2.24) is 15.1 Å². The van der Waals surface area contributed by atoms with E-state index in [0.29, 0.717) is 40.8 Å². The van der Waals surface area contributed by atoms with Gasteiger partial charge in [-0.15, -0.1) is 0 Å². The summed E-state index contributed by atoms with van der Waals surface area (Å²) < 4.78 is 27.2. The number of hydrogen-bond donors (Lipinski definition) is 2. The molecule has 0 aromatic heterocycles. The third kappa shape index (κ3) is 7.70. The van der Waals surface area contributed by atoms with Crippen molar-refractivity contribution < 1.29 is 28.6 Å². The highest BCUT2D eigenvalue weighted by Crippen LogP contribution is 2.26. The number of rotatable bonds is 12. The second-order valence-electron chi connectivity index (χ2n) is 9.79. The molecule has 0 aliphatic carbocycles. The maximum Gasteiger partial charge on any atom is 0.223 e. The van der Waals surface area contributed by atoms with Gasteiger partial charge in [0.1, 0.15) is 24.4 Å². The zero-order chi connectivity index (χ0) is 27.8. The van der Waals surface area contributed by atoms with E-state index in [1.165, 1.54) is 4.90 Å². The number of likely N-dealkylation sites (N-methyl/N-ethyl adjacent to an activating group) is 1. The van der Waals surface area contributed by atoms with E-state index in [1.807, 2.05) is 19.9 Å². The predicted molar refractivity (Wildman–Crippen MR) is 143 cm³/mol. The SMILES string of the molecule is C=C(NC(=O)CC)C(O)N(C)Cc1c(C=O)cccc1OCc1cccc(CN2CC(C)OC(C)C2)c1F. The van der Waals surface area contributed by atoms with Gasteiger partial charge in [-0.1, -0.05) is 43.8 Å². The van der Waals surface area contributed by atoms with Crippen LogP contribution in [-0.4, -0.2) is 65.7 Å². The lowest BCUT2D eigenvalue weighted by Gasteiger charge is -2.35. The van der Waals surface area contributed by atoms with Gasteiger partial charge in [0.15, 0.2) is 6.29 Å². The van der Waals surface area contributed by atoms with Crippen molar-refractivity contribution in [2.24, 2.45) is 0 Å². The number of halogens is 1. The van der Waals surface area contributed by atoms with E-state index in [-0.39, 0.29) is 49.2 Å². The first-order valence-corrected chi connectivity index (χ1v) is 12.8. The molecular weight excluding hydrogens is 489 g/mol. The first kappa shape index (κ1) is 29.4. The molecule has 0 bridgehead atoms. The fourth-order valence-electron chi connectivity index (χ4n) is 4.61. The Morgan fingerprint density at radius 3 is 2.58 bits per heavy atom. The molecule has 0 radical (unpaired) electrons. The van der Waals surface area contributed by atoms with Crippen LogP contribution in [0.25, 0.3) is 0 Å². The number of aldehydes is 1. The number of carbonyl (C=O) groups is 2. The van der Waals surface area contributed by atoms with Gasteiger partial charge in [-0.05, 0) is 27.0 Å². The molecule has 0 spiro atoms. The molecule has 1 aliphatic heterocycles. The fraction of sp³-hybridized carbons (Fsp3) is 0.448. The number of aliphatic hydroxyl groups is 1. The molecule has 1 saturated heterocycles. The third-order valence-electron chi connectivity index (χ3n) is 6.49. The Hall–Kier alpha value is -3.11. The topological polar surface area (TPSA) is 91.3 Å². The van der Waals surface area contributed by atoms with Crippen molar-refractivity contribution in [2.45, 2.75) is 65.3 Å². The fourth-order valence-corrected chi connectivity index (χ4v) is 4.61. The Morgan fingerprint density at radius 2 is 1.92 bits per heavy atom. The Labute approximate surface area is 224 Å². The van der Waals surface area contributed by atoms with Crippen LogP contribution in [0, 0.1) is 5.82 Å². The summed E-state index contributed by atoms with van der Waals surface area (Å²) in [5.74, 6) is -0.179. The van der Waals surface area contributed by atoms with Crippen molar-refractivity contribution in [3.05, 3.63) is 76.7 Å². The molecular formula is C29H38FN3O5. The predicted octanol–water partition coefficient (Wildman–Crippen LogP) is 3.62. The smallest absolute Gasteiger partial charge is 0.223 e. The largest absolute Gasteiger partial charge is 0.488 e. The quantitative estimate of drug-likeness (QED) is 0.322. The van der Waals surface area contributed by atoms with Gasteiger partial charge >= 0.3 is 0 Å². The summed E-state index contributed by atoms with van der Waals surface area (Å²) in [5.41, 5.74) is 2.04. The van der Waals surface area contributed by atoms with Gasteiger partial charge in [-0.2, -0.15) is 0 Å². The number of nitrogens with one attached hydrogen (secondary N) is 1. The van der Waals surface area contributed by atoms with Crippen LogP contribution >= 0.6 is 0 Å². The van der Waals surface area contributed by atoms with Crippen LogP contribution in [0.15, 0.2) is 48.7 Å². The minimum absolute atomic E-state index is 0.0313. The summed E-state index contributed by atoms with van der Waals surface area (Å²) in [6.45, 7) is 11.5. The maximum atomic E-state index is 15.4. The number of amides is 1. The molecule has 3 atom stereocenters. The highest BCUT2D eigenvalue weighted by atomic mass is 19.1. The monoisotopic (exact) mass is 527 g/mol. The number of aliphatic hydroxyl groups excluding tert-OH is 1. The molecule has 1 fully saturated rings. The Balaban J connectivity index is 1.73. The summed E-state index contributed by atoms with van der Waals surface area (Å²) in [6.07, 6.45) is -0.0363. The second kappa shape index (κ2) is 13.6. The summed E-state index contributed by atoms with van der Waals surface area (Å²) in [6, 6.07) is 10.3. The van der Waals surface area contributed by atoms with E-state index in [4.69, 9.17) is 9.47 Å². The average Bonchev–Trinajstić information content (AvgIpc) is 2.88. The highest BCUT2D eigenvalue weighted by Gasteiger charge is 2.24. The standard InChI is InChI=1S/C29H38FN3O5/c1-6-27(35)31-21(4)29(36)32(5)16-25-23(17-34)10-8-12-26(25)37-18-24-11-7-9-22(28(24)30)15-33-13-19(2)38-20(3)14-33/h7-12,17,19-20,29,36H,4,6,13-16,18H2,1-3,5H3,(H,31,35). The van der Waals surface area contributed by atoms with Gasteiger partial charge < -0.3 is 19.9 Å². The van der Waals surface area contributed by atoms with Crippen LogP contribution in [0.5, 0.6) is 5.75 Å². The van der Waals surface area contributed by atoms with Crippen molar-refractivity contribution in [2.75, 3.05) is 20.1 Å². The van der Waals surface area contributed by atoms with E-state index in [2.05, 4.69) is 16.8 Å². The van der Waals surface area contributed by atoms with Gasteiger partial charge in [0.05, 0.1) is 17.9 Å². The Kier molecular flexibility index (Phi) is 10.6. The van der Waals surface area contributed by atoms with E-state index >= 15 is 4.39 Å².